The quantitative estimate of drug-likeness (QED) is 0.451. The molecule has 156 valence electrons. The average molecular weight is 445 g/mol. The Morgan fingerprint density at radius 3 is 2.50 bits per heavy atom. The summed E-state index contributed by atoms with van der Waals surface area (Å²) in [6.07, 6.45) is 0. The first-order valence-electron chi connectivity index (χ1n) is 9.62. The Labute approximate surface area is 183 Å². The number of nitrogens with zero attached hydrogens (tertiary/aromatic N) is 4. The fourth-order valence-electron chi connectivity index (χ4n) is 3.54. The number of aryl methyl sites for hydroxylation is 1. The number of rotatable bonds is 4. The standard InChI is InChI=1S/C21H21ClN4O3S/c1-13-16-18(26-10-8-25(9-11-26)14(2)27)23-21(22)24-19(16)30-17(13)20(28)29-12-15-6-4-3-5-7-15/h3-7H,8-12H2,1-2H3. The van der Waals surface area contributed by atoms with Crippen molar-refractivity contribution in [1.82, 2.24) is 14.9 Å². The lowest BCUT2D eigenvalue weighted by atomic mass is 10.2. The van der Waals surface area contributed by atoms with E-state index in [4.69, 9.17) is 16.3 Å². The van der Waals surface area contributed by atoms with Crippen molar-refractivity contribution in [3.05, 3.63) is 51.6 Å². The number of amides is 1. The van der Waals surface area contributed by atoms with Gasteiger partial charge in [0.15, 0.2) is 0 Å². The molecular weight excluding hydrogens is 424 g/mol. The van der Waals surface area contributed by atoms with E-state index in [-0.39, 0.29) is 23.8 Å². The smallest absolute Gasteiger partial charge is 0.349 e. The van der Waals surface area contributed by atoms with Crippen LogP contribution in [0.5, 0.6) is 0 Å². The molecule has 1 aromatic carbocycles. The van der Waals surface area contributed by atoms with Crippen molar-refractivity contribution in [3.63, 3.8) is 0 Å². The van der Waals surface area contributed by atoms with Crippen molar-refractivity contribution in [2.75, 3.05) is 31.1 Å². The number of piperazine rings is 1. The minimum Gasteiger partial charge on any atom is -0.457 e. The molecule has 1 fully saturated rings. The van der Waals surface area contributed by atoms with Crippen molar-refractivity contribution >= 4 is 50.8 Å². The highest BCUT2D eigenvalue weighted by molar-refractivity contribution is 7.20. The number of carbonyl (C=O) groups is 2. The molecule has 1 saturated heterocycles. The molecular formula is C21H21ClN4O3S. The number of fused-ring (bicyclic) bond motifs is 1. The van der Waals surface area contributed by atoms with Crippen LogP contribution in [0.1, 0.15) is 27.7 Å². The highest BCUT2D eigenvalue weighted by Gasteiger charge is 2.26. The molecule has 0 aliphatic carbocycles. The van der Waals surface area contributed by atoms with Crippen LogP contribution in [0.25, 0.3) is 10.2 Å². The van der Waals surface area contributed by atoms with E-state index in [9.17, 15) is 9.59 Å². The summed E-state index contributed by atoms with van der Waals surface area (Å²) >= 11 is 7.45. The minimum atomic E-state index is -0.386. The molecule has 3 aromatic rings. The lowest BCUT2D eigenvalue weighted by Gasteiger charge is -2.35. The fraction of sp³-hybridized carbons (Fsp3) is 0.333. The van der Waals surface area contributed by atoms with Crippen LogP contribution < -0.4 is 4.90 Å². The van der Waals surface area contributed by atoms with Gasteiger partial charge in [-0.05, 0) is 29.7 Å². The first-order chi connectivity index (χ1) is 14.4. The third-order valence-electron chi connectivity index (χ3n) is 5.17. The first-order valence-corrected chi connectivity index (χ1v) is 10.8. The molecule has 4 rings (SSSR count). The number of benzene rings is 1. The largest absolute Gasteiger partial charge is 0.457 e. The molecule has 7 nitrogen and oxygen atoms in total. The van der Waals surface area contributed by atoms with Gasteiger partial charge in [-0.2, -0.15) is 4.98 Å². The van der Waals surface area contributed by atoms with Gasteiger partial charge in [-0.3, -0.25) is 4.79 Å². The molecule has 1 amide bonds. The highest BCUT2D eigenvalue weighted by atomic mass is 35.5. The number of halogens is 1. The van der Waals surface area contributed by atoms with Gasteiger partial charge in [0.2, 0.25) is 11.2 Å². The summed E-state index contributed by atoms with van der Waals surface area (Å²) in [5, 5.41) is 0.948. The number of esters is 1. The van der Waals surface area contributed by atoms with Crippen molar-refractivity contribution in [2.45, 2.75) is 20.5 Å². The molecule has 0 bridgehead atoms. The molecule has 0 unspecified atom stereocenters. The zero-order valence-electron chi connectivity index (χ0n) is 16.7. The predicted octanol–water partition coefficient (Wildman–Crippen LogP) is 3.68. The van der Waals surface area contributed by atoms with Crippen LogP contribution in [0.3, 0.4) is 0 Å². The van der Waals surface area contributed by atoms with E-state index in [0.717, 1.165) is 16.5 Å². The molecule has 30 heavy (non-hydrogen) atoms. The van der Waals surface area contributed by atoms with Crippen LogP contribution in [0.2, 0.25) is 5.28 Å². The third-order valence-corrected chi connectivity index (χ3v) is 6.50. The molecule has 1 aliphatic rings. The summed E-state index contributed by atoms with van der Waals surface area (Å²) in [6, 6.07) is 9.55. The molecule has 0 spiro atoms. The van der Waals surface area contributed by atoms with E-state index in [1.807, 2.05) is 42.2 Å². The second-order valence-corrected chi connectivity index (χ2v) is 8.44. The van der Waals surface area contributed by atoms with Crippen LogP contribution in [0.4, 0.5) is 5.82 Å². The summed E-state index contributed by atoms with van der Waals surface area (Å²) in [5.74, 6) is 0.377. The molecule has 3 heterocycles. The zero-order valence-corrected chi connectivity index (χ0v) is 18.3. The summed E-state index contributed by atoms with van der Waals surface area (Å²) < 4.78 is 5.51. The summed E-state index contributed by atoms with van der Waals surface area (Å²) in [5.41, 5.74) is 1.71. The Morgan fingerprint density at radius 1 is 1.13 bits per heavy atom. The second kappa shape index (κ2) is 8.57. The van der Waals surface area contributed by atoms with E-state index >= 15 is 0 Å². The SMILES string of the molecule is CC(=O)N1CCN(c2nc(Cl)nc3sc(C(=O)OCc4ccccc4)c(C)c23)CC1. The van der Waals surface area contributed by atoms with Crippen molar-refractivity contribution in [1.29, 1.82) is 0 Å². The van der Waals surface area contributed by atoms with E-state index in [1.165, 1.54) is 11.3 Å². The number of aromatic nitrogens is 2. The predicted molar refractivity (Wildman–Crippen MR) is 117 cm³/mol. The highest BCUT2D eigenvalue weighted by Crippen LogP contribution is 2.37. The number of carbonyl (C=O) groups excluding carboxylic acids is 2. The van der Waals surface area contributed by atoms with Crippen molar-refractivity contribution in [2.24, 2.45) is 0 Å². The van der Waals surface area contributed by atoms with Gasteiger partial charge in [-0.25, -0.2) is 9.78 Å². The Bertz CT molecular complexity index is 1090. The maximum absolute atomic E-state index is 12.7. The average Bonchev–Trinajstić information content (AvgIpc) is 3.08. The minimum absolute atomic E-state index is 0.0654. The normalized spacial score (nSPS) is 14.2. The van der Waals surface area contributed by atoms with Gasteiger partial charge in [0.25, 0.3) is 0 Å². The topological polar surface area (TPSA) is 75.6 Å². The number of thiophene rings is 1. The van der Waals surface area contributed by atoms with Crippen LogP contribution in [-0.4, -0.2) is 52.9 Å². The van der Waals surface area contributed by atoms with E-state index in [2.05, 4.69) is 14.9 Å². The molecule has 9 heteroatoms. The molecule has 0 saturated carbocycles. The summed E-state index contributed by atoms with van der Waals surface area (Å²) in [4.78, 5) is 38.2. The van der Waals surface area contributed by atoms with Crippen molar-refractivity contribution < 1.29 is 14.3 Å². The molecule has 1 aliphatic heterocycles. The zero-order chi connectivity index (χ0) is 21.3. The Hall–Kier alpha value is -2.71. The molecule has 0 N–H and O–H groups in total. The first kappa shape index (κ1) is 20.6. The third kappa shape index (κ3) is 4.11. The Morgan fingerprint density at radius 2 is 1.83 bits per heavy atom. The van der Waals surface area contributed by atoms with Gasteiger partial charge in [0.05, 0.1) is 5.39 Å². The van der Waals surface area contributed by atoms with Crippen LogP contribution in [-0.2, 0) is 16.1 Å². The molecule has 2 aromatic heterocycles. The lowest BCUT2D eigenvalue weighted by Crippen LogP contribution is -2.48. The molecule has 0 radical (unpaired) electrons. The van der Waals surface area contributed by atoms with Gasteiger partial charge in [-0.1, -0.05) is 30.3 Å². The fourth-order valence-corrected chi connectivity index (χ4v) is 4.82. The van der Waals surface area contributed by atoms with E-state index < -0.39 is 0 Å². The maximum atomic E-state index is 12.7. The monoisotopic (exact) mass is 444 g/mol. The van der Waals surface area contributed by atoms with E-state index in [0.29, 0.717) is 41.7 Å². The number of hydrogen-bond donors (Lipinski definition) is 0. The van der Waals surface area contributed by atoms with Gasteiger partial charge in [-0.15, -0.1) is 11.3 Å². The number of anilines is 1. The van der Waals surface area contributed by atoms with Gasteiger partial charge >= 0.3 is 5.97 Å². The summed E-state index contributed by atoms with van der Waals surface area (Å²) in [7, 11) is 0. The summed E-state index contributed by atoms with van der Waals surface area (Å²) in [6.45, 7) is 6.19. The lowest BCUT2D eigenvalue weighted by molar-refractivity contribution is -0.129. The van der Waals surface area contributed by atoms with Crippen LogP contribution in [0.15, 0.2) is 30.3 Å². The second-order valence-electron chi connectivity index (χ2n) is 7.11. The Kier molecular flexibility index (Phi) is 5.87. The molecule has 0 atom stereocenters. The number of ether oxygens (including phenoxy) is 1. The van der Waals surface area contributed by atoms with Crippen LogP contribution in [0, 0.1) is 6.92 Å². The Balaban J connectivity index is 1.61. The van der Waals surface area contributed by atoms with Crippen LogP contribution >= 0.6 is 22.9 Å². The van der Waals surface area contributed by atoms with Gasteiger partial charge < -0.3 is 14.5 Å². The van der Waals surface area contributed by atoms with Crippen molar-refractivity contribution in [3.8, 4) is 0 Å². The van der Waals surface area contributed by atoms with Gasteiger partial charge in [0.1, 0.15) is 22.1 Å². The number of hydrogen-bond acceptors (Lipinski definition) is 7. The van der Waals surface area contributed by atoms with E-state index in [1.54, 1.807) is 6.92 Å². The van der Waals surface area contributed by atoms with Gasteiger partial charge in [0, 0.05) is 33.1 Å². The maximum Gasteiger partial charge on any atom is 0.349 e.